The van der Waals surface area contributed by atoms with E-state index in [1.807, 2.05) is 30.3 Å². The fraction of sp³-hybridized carbons (Fsp3) is 0.133. The largest absolute Gasteiger partial charge is 0.294 e. The molecule has 0 unspecified atom stereocenters. The van der Waals surface area contributed by atoms with E-state index in [9.17, 15) is 9.59 Å². The van der Waals surface area contributed by atoms with Crippen LogP contribution in [0.3, 0.4) is 0 Å². The van der Waals surface area contributed by atoms with Gasteiger partial charge in [0.1, 0.15) is 5.82 Å². The quantitative estimate of drug-likeness (QED) is 0.771. The van der Waals surface area contributed by atoms with Gasteiger partial charge < -0.3 is 0 Å². The lowest BCUT2D eigenvalue weighted by atomic mass is 10.1. The summed E-state index contributed by atoms with van der Waals surface area (Å²) in [7, 11) is 0. The number of aromatic nitrogens is 1. The van der Waals surface area contributed by atoms with Gasteiger partial charge in [-0.15, -0.1) is 0 Å². The van der Waals surface area contributed by atoms with Gasteiger partial charge in [-0.05, 0) is 25.1 Å². The Hall–Kier alpha value is -2.49. The molecule has 2 heterocycles. The number of carbonyl (C=O) groups excluding carboxylic acids is 2. The molecule has 1 aliphatic rings. The average Bonchev–Trinajstić information content (AvgIpc) is 2.74. The highest BCUT2D eigenvalue weighted by molar-refractivity contribution is 6.07. The van der Waals surface area contributed by atoms with Gasteiger partial charge in [-0.2, -0.15) is 0 Å². The smallest absolute Gasteiger partial charge is 0.237 e. The molecule has 1 aliphatic heterocycles. The monoisotopic (exact) mass is 252 g/mol. The number of fused-ring (bicyclic) bond motifs is 1. The Bertz CT molecular complexity index is 665. The van der Waals surface area contributed by atoms with Crippen LogP contribution in [0.1, 0.15) is 22.8 Å². The third-order valence-electron chi connectivity index (χ3n) is 3.17. The van der Waals surface area contributed by atoms with E-state index in [0.29, 0.717) is 17.8 Å². The van der Waals surface area contributed by atoms with Crippen molar-refractivity contribution < 1.29 is 9.59 Å². The number of amides is 1. The number of ketones is 1. The molecule has 0 saturated carbocycles. The maximum Gasteiger partial charge on any atom is 0.237 e. The lowest BCUT2D eigenvalue weighted by Crippen LogP contribution is -2.21. The van der Waals surface area contributed by atoms with Crippen molar-refractivity contribution in [1.82, 2.24) is 4.98 Å². The highest BCUT2D eigenvalue weighted by Crippen LogP contribution is 2.33. The fourth-order valence-corrected chi connectivity index (χ4v) is 2.23. The third-order valence-corrected chi connectivity index (χ3v) is 3.17. The minimum absolute atomic E-state index is 0.0191. The Morgan fingerprint density at radius 2 is 2.00 bits per heavy atom. The van der Waals surface area contributed by atoms with Crippen LogP contribution in [0.2, 0.25) is 0 Å². The van der Waals surface area contributed by atoms with Gasteiger partial charge in [-0.3, -0.25) is 14.5 Å². The first-order chi connectivity index (χ1) is 9.16. The van der Waals surface area contributed by atoms with Crippen molar-refractivity contribution in [2.45, 2.75) is 13.3 Å². The molecule has 0 saturated heterocycles. The summed E-state index contributed by atoms with van der Waals surface area (Å²) >= 11 is 0. The molecule has 1 aromatic heterocycles. The lowest BCUT2D eigenvalue weighted by molar-refractivity contribution is -0.116. The van der Waals surface area contributed by atoms with E-state index in [0.717, 1.165) is 11.3 Å². The zero-order valence-electron chi connectivity index (χ0n) is 10.5. The standard InChI is InChI=1S/C15H12N2O2/c1-10(18)12-7-11-8-14(19)17(15(11)16-9-12)13-5-3-2-4-6-13/h2-7,9H,8H2,1H3. The highest BCUT2D eigenvalue weighted by atomic mass is 16.2. The number of anilines is 2. The predicted octanol–water partition coefficient (Wildman–Crippen LogP) is 2.51. The molecule has 4 nitrogen and oxygen atoms in total. The number of nitrogens with zero attached hydrogens (tertiary/aromatic N) is 2. The molecule has 1 amide bonds. The van der Waals surface area contributed by atoms with Crippen LogP contribution in [0.4, 0.5) is 11.5 Å². The van der Waals surface area contributed by atoms with Crippen LogP contribution in [0.5, 0.6) is 0 Å². The Balaban J connectivity index is 2.08. The number of hydrogen-bond donors (Lipinski definition) is 0. The molecule has 0 radical (unpaired) electrons. The van der Waals surface area contributed by atoms with Gasteiger partial charge in [0.05, 0.1) is 12.1 Å². The Morgan fingerprint density at radius 3 is 2.68 bits per heavy atom. The van der Waals surface area contributed by atoms with E-state index >= 15 is 0 Å². The van der Waals surface area contributed by atoms with E-state index in [-0.39, 0.29) is 11.7 Å². The minimum atomic E-state index is -0.0408. The second-order valence-electron chi connectivity index (χ2n) is 4.50. The van der Waals surface area contributed by atoms with Gasteiger partial charge in [-0.1, -0.05) is 18.2 Å². The van der Waals surface area contributed by atoms with E-state index in [1.165, 1.54) is 13.1 Å². The maximum absolute atomic E-state index is 12.1. The normalized spacial score (nSPS) is 13.5. The van der Waals surface area contributed by atoms with Gasteiger partial charge in [0.25, 0.3) is 0 Å². The first-order valence-electron chi connectivity index (χ1n) is 6.04. The van der Waals surface area contributed by atoms with E-state index < -0.39 is 0 Å². The summed E-state index contributed by atoms with van der Waals surface area (Å²) in [6.45, 7) is 1.50. The van der Waals surface area contributed by atoms with Crippen molar-refractivity contribution in [3.8, 4) is 0 Å². The Kier molecular flexibility index (Phi) is 2.63. The molecule has 2 aromatic rings. The van der Waals surface area contributed by atoms with Crippen LogP contribution >= 0.6 is 0 Å². The Morgan fingerprint density at radius 1 is 1.26 bits per heavy atom. The molecule has 3 rings (SSSR count). The van der Waals surface area contributed by atoms with Gasteiger partial charge in [0, 0.05) is 17.3 Å². The summed E-state index contributed by atoms with van der Waals surface area (Å²) in [4.78, 5) is 29.3. The van der Waals surface area contributed by atoms with Crippen LogP contribution in [-0.2, 0) is 11.2 Å². The minimum Gasteiger partial charge on any atom is -0.294 e. The summed E-state index contributed by atoms with van der Waals surface area (Å²) < 4.78 is 0. The molecular formula is C15H12N2O2. The van der Waals surface area contributed by atoms with Crippen molar-refractivity contribution >= 4 is 23.2 Å². The zero-order valence-corrected chi connectivity index (χ0v) is 10.5. The van der Waals surface area contributed by atoms with Gasteiger partial charge >= 0.3 is 0 Å². The number of hydrogen-bond acceptors (Lipinski definition) is 3. The number of Topliss-reactive ketones (excluding diaryl/α,β-unsaturated/α-hetero) is 1. The molecule has 0 atom stereocenters. The summed E-state index contributed by atoms with van der Waals surface area (Å²) in [6, 6.07) is 11.2. The predicted molar refractivity (Wildman–Crippen MR) is 71.5 cm³/mol. The van der Waals surface area contributed by atoms with Crippen molar-refractivity contribution in [3.63, 3.8) is 0 Å². The number of pyridine rings is 1. The van der Waals surface area contributed by atoms with Crippen molar-refractivity contribution in [2.24, 2.45) is 0 Å². The lowest BCUT2D eigenvalue weighted by Gasteiger charge is -2.16. The molecule has 19 heavy (non-hydrogen) atoms. The fourth-order valence-electron chi connectivity index (χ4n) is 2.23. The van der Waals surface area contributed by atoms with Crippen molar-refractivity contribution in [3.05, 3.63) is 53.7 Å². The van der Waals surface area contributed by atoms with E-state index in [2.05, 4.69) is 4.98 Å². The van der Waals surface area contributed by atoms with Crippen molar-refractivity contribution in [2.75, 3.05) is 4.90 Å². The first kappa shape index (κ1) is 11.6. The molecular weight excluding hydrogens is 240 g/mol. The van der Waals surface area contributed by atoms with Gasteiger partial charge in [0.15, 0.2) is 5.78 Å². The van der Waals surface area contributed by atoms with Gasteiger partial charge in [0.2, 0.25) is 5.91 Å². The summed E-state index contributed by atoms with van der Waals surface area (Å²) in [6.07, 6.45) is 1.81. The molecule has 0 fully saturated rings. The highest BCUT2D eigenvalue weighted by Gasteiger charge is 2.30. The zero-order chi connectivity index (χ0) is 13.4. The average molecular weight is 252 g/mol. The molecule has 1 aromatic carbocycles. The number of benzene rings is 1. The molecule has 0 bridgehead atoms. The molecule has 4 heteroatoms. The number of para-hydroxylation sites is 1. The second kappa shape index (κ2) is 4.31. The van der Waals surface area contributed by atoms with Crippen LogP contribution in [0.25, 0.3) is 0 Å². The second-order valence-corrected chi connectivity index (χ2v) is 4.50. The number of rotatable bonds is 2. The van der Waals surface area contributed by atoms with Crippen LogP contribution in [-0.4, -0.2) is 16.7 Å². The molecule has 94 valence electrons. The third kappa shape index (κ3) is 1.91. The summed E-state index contributed by atoms with van der Waals surface area (Å²) in [5.41, 5.74) is 2.15. The Labute approximate surface area is 110 Å². The van der Waals surface area contributed by atoms with E-state index in [1.54, 1.807) is 11.0 Å². The summed E-state index contributed by atoms with van der Waals surface area (Å²) in [5, 5.41) is 0. The van der Waals surface area contributed by atoms with E-state index in [4.69, 9.17) is 0 Å². The van der Waals surface area contributed by atoms with Crippen molar-refractivity contribution in [1.29, 1.82) is 0 Å². The SMILES string of the molecule is CC(=O)c1cnc2c(c1)CC(=O)N2c1ccccc1. The molecule has 0 aliphatic carbocycles. The van der Waals surface area contributed by atoms with Crippen LogP contribution < -0.4 is 4.90 Å². The molecule has 0 N–H and O–H groups in total. The van der Waals surface area contributed by atoms with Gasteiger partial charge in [-0.25, -0.2) is 4.98 Å². The number of carbonyl (C=O) groups is 2. The van der Waals surface area contributed by atoms with Crippen LogP contribution in [0, 0.1) is 0 Å². The topological polar surface area (TPSA) is 50.3 Å². The maximum atomic E-state index is 12.1. The summed E-state index contributed by atoms with van der Waals surface area (Å²) in [5.74, 6) is 0.566. The van der Waals surface area contributed by atoms with Crippen LogP contribution in [0.15, 0.2) is 42.6 Å². The molecule has 0 spiro atoms. The first-order valence-corrected chi connectivity index (χ1v) is 6.04.